The topological polar surface area (TPSA) is 34.1 Å². The molecule has 0 fully saturated rings. The zero-order valence-corrected chi connectivity index (χ0v) is 14.2. The fraction of sp³-hybridized carbons (Fsp3) is 0.500. The van der Waals surface area contributed by atoms with Crippen molar-refractivity contribution in [2.75, 3.05) is 0 Å². The highest BCUT2D eigenvalue weighted by Crippen LogP contribution is 2.13. The van der Waals surface area contributed by atoms with Crippen LogP contribution in [-0.4, -0.2) is 11.6 Å². The van der Waals surface area contributed by atoms with Gasteiger partial charge >= 0.3 is 0 Å². The second kappa shape index (κ2) is 10.1. The van der Waals surface area contributed by atoms with Gasteiger partial charge in [-0.15, -0.1) is 0 Å². The molecule has 2 nitrogen and oxygen atoms in total. The number of allylic oxidation sites excluding steroid dienone is 1. The van der Waals surface area contributed by atoms with Crippen molar-refractivity contribution in [1.29, 1.82) is 0 Å². The quantitative estimate of drug-likeness (QED) is 0.259. The highest BCUT2D eigenvalue weighted by molar-refractivity contribution is 6.21. The second-order valence-electron chi connectivity index (χ2n) is 5.93. The Hall–Kier alpha value is -1.70. The molecule has 0 atom stereocenters. The van der Waals surface area contributed by atoms with Crippen LogP contribution in [0, 0.1) is 0 Å². The summed E-state index contributed by atoms with van der Waals surface area (Å²) in [5.74, 6) is -0.354. The molecule has 0 aliphatic rings. The predicted octanol–water partition coefficient (Wildman–Crippen LogP) is 5.15. The lowest BCUT2D eigenvalue weighted by Crippen LogP contribution is -2.05. The van der Waals surface area contributed by atoms with Gasteiger partial charge in [-0.2, -0.15) is 0 Å². The van der Waals surface area contributed by atoms with Crippen LogP contribution in [0.25, 0.3) is 6.08 Å². The Bertz CT molecular complexity index is 493. The molecule has 0 bridgehead atoms. The van der Waals surface area contributed by atoms with E-state index in [1.807, 2.05) is 12.1 Å². The van der Waals surface area contributed by atoms with Gasteiger partial charge in [0.15, 0.2) is 11.6 Å². The second-order valence-corrected chi connectivity index (χ2v) is 5.93. The monoisotopic (exact) mass is 300 g/mol. The van der Waals surface area contributed by atoms with Crippen molar-refractivity contribution in [2.45, 2.75) is 65.7 Å². The van der Waals surface area contributed by atoms with Crippen LogP contribution in [-0.2, 0) is 16.0 Å². The van der Waals surface area contributed by atoms with E-state index in [-0.39, 0.29) is 17.1 Å². The summed E-state index contributed by atoms with van der Waals surface area (Å²) >= 11 is 0. The molecule has 0 heterocycles. The van der Waals surface area contributed by atoms with Gasteiger partial charge in [-0.3, -0.25) is 9.59 Å². The standard InChI is InChI=1S/C20H28O2/c1-4-5-6-7-8-9-10-18-11-13-19(14-12-18)15-20(16(2)21)17(3)22/h11-15H,4-10H2,1-3H3. The van der Waals surface area contributed by atoms with Crippen molar-refractivity contribution in [3.63, 3.8) is 0 Å². The van der Waals surface area contributed by atoms with Crippen LogP contribution in [0.3, 0.4) is 0 Å². The van der Waals surface area contributed by atoms with Gasteiger partial charge in [0, 0.05) is 0 Å². The lowest BCUT2D eigenvalue weighted by molar-refractivity contribution is -0.119. The van der Waals surface area contributed by atoms with Gasteiger partial charge in [0.2, 0.25) is 0 Å². The average molecular weight is 300 g/mol. The third-order valence-corrected chi connectivity index (χ3v) is 3.87. The van der Waals surface area contributed by atoms with Gasteiger partial charge in [0.05, 0.1) is 5.57 Å². The largest absolute Gasteiger partial charge is 0.294 e. The van der Waals surface area contributed by atoms with Gasteiger partial charge in [0.25, 0.3) is 0 Å². The van der Waals surface area contributed by atoms with Crippen LogP contribution < -0.4 is 0 Å². The van der Waals surface area contributed by atoms with Crippen molar-refractivity contribution in [3.05, 3.63) is 41.0 Å². The number of aryl methyl sites for hydroxylation is 1. The van der Waals surface area contributed by atoms with E-state index in [0.717, 1.165) is 12.0 Å². The number of carbonyl (C=O) groups is 2. The van der Waals surface area contributed by atoms with Crippen LogP contribution >= 0.6 is 0 Å². The fourth-order valence-electron chi connectivity index (χ4n) is 2.51. The molecular weight excluding hydrogens is 272 g/mol. The molecule has 0 aliphatic carbocycles. The van der Waals surface area contributed by atoms with E-state index in [4.69, 9.17) is 0 Å². The summed E-state index contributed by atoms with van der Waals surface area (Å²) in [6, 6.07) is 8.15. The van der Waals surface area contributed by atoms with Crippen LogP contribution in [0.2, 0.25) is 0 Å². The number of hydrogen-bond acceptors (Lipinski definition) is 2. The fourth-order valence-corrected chi connectivity index (χ4v) is 2.51. The molecule has 1 aromatic carbocycles. The number of ketones is 2. The Kier molecular flexibility index (Phi) is 8.42. The molecule has 0 spiro atoms. The van der Waals surface area contributed by atoms with Crippen molar-refractivity contribution in [3.8, 4) is 0 Å². The zero-order chi connectivity index (χ0) is 16.4. The molecule has 0 saturated carbocycles. The van der Waals surface area contributed by atoms with Crippen LogP contribution in [0.15, 0.2) is 29.8 Å². The molecule has 0 aliphatic heterocycles. The van der Waals surface area contributed by atoms with E-state index in [9.17, 15) is 9.59 Å². The lowest BCUT2D eigenvalue weighted by Gasteiger charge is -2.04. The van der Waals surface area contributed by atoms with Gasteiger partial charge in [-0.1, -0.05) is 63.3 Å². The Morgan fingerprint density at radius 1 is 0.864 bits per heavy atom. The van der Waals surface area contributed by atoms with Crippen LogP contribution in [0.1, 0.15) is 70.4 Å². The summed E-state index contributed by atoms with van der Waals surface area (Å²) in [7, 11) is 0. The molecule has 0 N–H and O–H groups in total. The zero-order valence-electron chi connectivity index (χ0n) is 14.2. The molecule has 0 unspecified atom stereocenters. The van der Waals surface area contributed by atoms with Gasteiger partial charge in [0.1, 0.15) is 0 Å². The number of benzene rings is 1. The van der Waals surface area contributed by atoms with E-state index in [1.54, 1.807) is 6.08 Å². The SMILES string of the molecule is CCCCCCCCc1ccc(C=C(C(C)=O)C(C)=O)cc1. The van der Waals surface area contributed by atoms with E-state index >= 15 is 0 Å². The van der Waals surface area contributed by atoms with E-state index < -0.39 is 0 Å². The summed E-state index contributed by atoms with van der Waals surface area (Å²) in [5, 5.41) is 0. The molecule has 0 amide bonds. The Labute approximate surface area is 134 Å². The van der Waals surface area contributed by atoms with Crippen molar-refractivity contribution in [2.24, 2.45) is 0 Å². The lowest BCUT2D eigenvalue weighted by atomic mass is 10.0. The molecule has 1 rings (SSSR count). The molecule has 0 radical (unpaired) electrons. The highest BCUT2D eigenvalue weighted by atomic mass is 16.1. The summed E-state index contributed by atoms with van der Waals surface area (Å²) in [6.45, 7) is 5.10. The number of unbranched alkanes of at least 4 members (excludes halogenated alkanes) is 5. The van der Waals surface area contributed by atoms with Gasteiger partial charge in [-0.05, 0) is 43.9 Å². The molecule has 0 saturated heterocycles. The van der Waals surface area contributed by atoms with E-state index in [0.29, 0.717) is 0 Å². The first-order chi connectivity index (χ1) is 10.5. The first kappa shape index (κ1) is 18.3. The number of hydrogen-bond donors (Lipinski definition) is 0. The van der Waals surface area contributed by atoms with Crippen molar-refractivity contribution < 1.29 is 9.59 Å². The minimum Gasteiger partial charge on any atom is -0.294 e. The number of carbonyl (C=O) groups excluding carboxylic acids is 2. The molecule has 1 aromatic rings. The third kappa shape index (κ3) is 6.84. The maximum absolute atomic E-state index is 11.4. The Morgan fingerprint density at radius 2 is 1.41 bits per heavy atom. The summed E-state index contributed by atoms with van der Waals surface area (Å²) < 4.78 is 0. The summed E-state index contributed by atoms with van der Waals surface area (Å²) in [4.78, 5) is 22.8. The van der Waals surface area contributed by atoms with Gasteiger partial charge < -0.3 is 0 Å². The first-order valence-electron chi connectivity index (χ1n) is 8.37. The normalized spacial score (nSPS) is 10.3. The maximum atomic E-state index is 11.4. The smallest absolute Gasteiger partial charge is 0.163 e. The third-order valence-electron chi connectivity index (χ3n) is 3.87. The predicted molar refractivity (Wildman–Crippen MR) is 92.9 cm³/mol. The van der Waals surface area contributed by atoms with E-state index in [2.05, 4.69) is 19.1 Å². The first-order valence-corrected chi connectivity index (χ1v) is 8.37. The summed E-state index contributed by atoms with van der Waals surface area (Å²) in [5.41, 5.74) is 2.50. The van der Waals surface area contributed by atoms with E-state index in [1.165, 1.54) is 57.9 Å². The molecule has 120 valence electrons. The van der Waals surface area contributed by atoms with Crippen LogP contribution in [0.5, 0.6) is 0 Å². The molecule has 0 aromatic heterocycles. The average Bonchev–Trinajstić information content (AvgIpc) is 2.49. The van der Waals surface area contributed by atoms with Crippen molar-refractivity contribution >= 4 is 17.6 Å². The van der Waals surface area contributed by atoms with Crippen LogP contribution in [0.4, 0.5) is 0 Å². The Morgan fingerprint density at radius 3 is 1.95 bits per heavy atom. The maximum Gasteiger partial charge on any atom is 0.163 e. The number of rotatable bonds is 10. The molecule has 22 heavy (non-hydrogen) atoms. The molecular formula is C20H28O2. The minimum atomic E-state index is -0.177. The highest BCUT2D eigenvalue weighted by Gasteiger charge is 2.09. The minimum absolute atomic E-state index is 0.177. The Balaban J connectivity index is 2.51. The number of Topliss-reactive ketones (excluding diaryl/α,β-unsaturated/α-hetero) is 2. The summed E-state index contributed by atoms with van der Waals surface area (Å²) in [6.07, 6.45) is 10.6. The molecule has 2 heteroatoms. The van der Waals surface area contributed by atoms with Gasteiger partial charge in [-0.25, -0.2) is 0 Å². The van der Waals surface area contributed by atoms with Crippen molar-refractivity contribution in [1.82, 2.24) is 0 Å².